The van der Waals surface area contributed by atoms with E-state index in [2.05, 4.69) is 5.18 Å². The van der Waals surface area contributed by atoms with Crippen LogP contribution in [-0.4, -0.2) is 41.0 Å². The molecule has 6 nitrogen and oxygen atoms in total. The molecule has 0 amide bonds. The molecule has 0 aliphatic heterocycles. The molecule has 0 fully saturated rings. The summed E-state index contributed by atoms with van der Waals surface area (Å²) in [6, 6.07) is -1.24. The van der Waals surface area contributed by atoms with E-state index in [9.17, 15) is 14.5 Å². The van der Waals surface area contributed by atoms with Gasteiger partial charge in [-0.3, -0.25) is 0 Å². The Hall–Kier alpha value is -0.950. The van der Waals surface area contributed by atoms with Crippen LogP contribution in [0.2, 0.25) is 0 Å². The zero-order valence-electron chi connectivity index (χ0n) is 6.97. The summed E-state index contributed by atoms with van der Waals surface area (Å²) in [6.07, 6.45) is 1.70. The topological polar surface area (TPSA) is 110 Å². The zero-order chi connectivity index (χ0) is 10.5. The normalized spacial score (nSPS) is 17.1. The molecule has 2 unspecified atom stereocenters. The molecular formula is C6H10N2O4S. The number of rotatable bonds is 6. The summed E-state index contributed by atoms with van der Waals surface area (Å²) in [5.41, 5.74) is 3.00. The number of nitrogens with zero attached hydrogens (tertiary/aromatic N) is 1. The summed E-state index contributed by atoms with van der Waals surface area (Å²) in [4.78, 5) is 31.2. The third-order valence-corrected chi connectivity index (χ3v) is 2.22. The minimum atomic E-state index is -2.20. The second-order valence-corrected chi connectivity index (χ2v) is 3.34. The molecule has 0 radical (unpaired) electrons. The van der Waals surface area contributed by atoms with Crippen molar-refractivity contribution in [1.29, 1.82) is 0 Å². The van der Waals surface area contributed by atoms with E-state index in [4.69, 9.17) is 10.8 Å². The monoisotopic (exact) mass is 206 g/mol. The summed E-state index contributed by atoms with van der Waals surface area (Å²) in [5, 5.41) is 11.1. The number of aliphatic carboxylic acids is 1. The van der Waals surface area contributed by atoms with Crippen molar-refractivity contribution in [2.75, 3.05) is 12.0 Å². The van der Waals surface area contributed by atoms with Gasteiger partial charge in [-0.1, -0.05) is 5.18 Å². The van der Waals surface area contributed by atoms with Gasteiger partial charge in [-0.05, 0) is 6.26 Å². The Labute approximate surface area is 78.8 Å². The van der Waals surface area contributed by atoms with E-state index < -0.39 is 17.6 Å². The fourth-order valence-corrected chi connectivity index (χ4v) is 1.34. The lowest BCUT2D eigenvalue weighted by atomic mass is 9.95. The molecule has 0 aromatic heterocycles. The maximum atomic E-state index is 10.6. The van der Waals surface area contributed by atoms with Crippen LogP contribution in [0.4, 0.5) is 0 Å². The standard InChI is InChI=1S/C6H10N2O4S/c1-13-2-4(8-12)6(7,3-9)5(10)11/h3-4H,2,7H2,1H3,(H,10,11). The molecule has 0 heterocycles. The van der Waals surface area contributed by atoms with Crippen LogP contribution >= 0.6 is 11.8 Å². The molecule has 0 saturated heterocycles. The third kappa shape index (κ3) is 2.49. The van der Waals surface area contributed by atoms with Crippen molar-refractivity contribution in [2.45, 2.75) is 11.6 Å². The number of hydrogen-bond acceptors (Lipinski definition) is 6. The van der Waals surface area contributed by atoms with Crippen LogP contribution < -0.4 is 5.73 Å². The molecular weight excluding hydrogens is 196 g/mol. The van der Waals surface area contributed by atoms with Crippen molar-refractivity contribution in [3.63, 3.8) is 0 Å². The lowest BCUT2D eigenvalue weighted by molar-refractivity contribution is -0.145. The maximum absolute atomic E-state index is 10.6. The smallest absolute Gasteiger partial charge is 0.333 e. The number of carboxylic acid groups (broad SMARTS) is 1. The molecule has 3 N–H and O–H groups in total. The largest absolute Gasteiger partial charge is 0.479 e. The van der Waals surface area contributed by atoms with E-state index in [0.29, 0.717) is 0 Å². The van der Waals surface area contributed by atoms with E-state index in [0.717, 1.165) is 0 Å². The molecule has 2 atom stereocenters. The lowest BCUT2D eigenvalue weighted by Crippen LogP contribution is -2.58. The Morgan fingerprint density at radius 1 is 1.85 bits per heavy atom. The molecule has 0 aliphatic carbocycles. The number of carboxylic acids is 1. The van der Waals surface area contributed by atoms with Gasteiger partial charge in [-0.25, -0.2) is 4.79 Å². The predicted octanol–water partition coefficient (Wildman–Crippen LogP) is -0.535. The summed E-state index contributed by atoms with van der Waals surface area (Å²) in [6.45, 7) is 0. The van der Waals surface area contributed by atoms with Gasteiger partial charge in [0.15, 0.2) is 11.8 Å². The van der Waals surface area contributed by atoms with Gasteiger partial charge >= 0.3 is 5.97 Å². The van der Waals surface area contributed by atoms with Gasteiger partial charge in [-0.15, -0.1) is 0 Å². The highest BCUT2D eigenvalue weighted by atomic mass is 32.2. The second-order valence-electron chi connectivity index (χ2n) is 2.43. The Kier molecular flexibility index (Phi) is 4.57. The van der Waals surface area contributed by atoms with Crippen LogP contribution in [0.3, 0.4) is 0 Å². The fraction of sp³-hybridized carbons (Fsp3) is 0.667. The van der Waals surface area contributed by atoms with Crippen LogP contribution in [0.1, 0.15) is 0 Å². The highest BCUT2D eigenvalue weighted by molar-refractivity contribution is 7.98. The van der Waals surface area contributed by atoms with Gasteiger partial charge in [0.05, 0.1) is 0 Å². The minimum Gasteiger partial charge on any atom is -0.479 e. The molecule has 13 heavy (non-hydrogen) atoms. The Morgan fingerprint density at radius 3 is 2.62 bits per heavy atom. The van der Waals surface area contributed by atoms with Crippen molar-refractivity contribution < 1.29 is 14.7 Å². The average molecular weight is 206 g/mol. The van der Waals surface area contributed by atoms with Crippen molar-refractivity contribution in [3.8, 4) is 0 Å². The van der Waals surface area contributed by atoms with E-state index in [1.807, 2.05) is 0 Å². The summed E-state index contributed by atoms with van der Waals surface area (Å²) >= 11 is 1.20. The maximum Gasteiger partial charge on any atom is 0.333 e. The number of nitroso groups, excluding NO2 is 1. The van der Waals surface area contributed by atoms with Gasteiger partial charge in [-0.2, -0.15) is 16.7 Å². The first-order valence-corrected chi connectivity index (χ1v) is 4.72. The third-order valence-electron chi connectivity index (χ3n) is 1.57. The first-order chi connectivity index (χ1) is 6.02. The average Bonchev–Trinajstić information content (AvgIpc) is 2.12. The number of aldehydes is 1. The first-order valence-electron chi connectivity index (χ1n) is 3.33. The summed E-state index contributed by atoms with van der Waals surface area (Å²) in [7, 11) is 0. The Bertz CT molecular complexity index is 223. The molecule has 7 heteroatoms. The van der Waals surface area contributed by atoms with Gasteiger partial charge in [0, 0.05) is 5.75 Å². The SMILES string of the molecule is CSCC(N=O)C(N)(C=O)C(=O)O. The first kappa shape index (κ1) is 12.0. The molecule has 0 aromatic rings. The van der Waals surface area contributed by atoms with Crippen molar-refractivity contribution in [1.82, 2.24) is 0 Å². The molecule has 74 valence electrons. The minimum absolute atomic E-state index is 0.0393. The van der Waals surface area contributed by atoms with Gasteiger partial charge < -0.3 is 15.6 Å². The van der Waals surface area contributed by atoms with Crippen LogP contribution in [0.5, 0.6) is 0 Å². The second kappa shape index (κ2) is 4.93. The molecule has 0 saturated carbocycles. The van der Waals surface area contributed by atoms with Crippen molar-refractivity contribution in [2.24, 2.45) is 10.9 Å². The number of hydrogen-bond donors (Lipinski definition) is 2. The zero-order valence-corrected chi connectivity index (χ0v) is 7.78. The van der Waals surface area contributed by atoms with Crippen LogP contribution in [0, 0.1) is 4.91 Å². The molecule has 0 bridgehead atoms. The van der Waals surface area contributed by atoms with E-state index in [-0.39, 0.29) is 12.0 Å². The fourth-order valence-electron chi connectivity index (χ4n) is 0.685. The Morgan fingerprint density at radius 2 is 2.38 bits per heavy atom. The van der Waals surface area contributed by atoms with E-state index in [1.165, 1.54) is 11.8 Å². The summed E-state index contributed by atoms with van der Waals surface area (Å²) in [5.74, 6) is -1.44. The van der Waals surface area contributed by atoms with Crippen LogP contribution in [0.25, 0.3) is 0 Å². The van der Waals surface area contributed by atoms with Gasteiger partial charge in [0.25, 0.3) is 0 Å². The number of thioether (sulfide) groups is 1. The summed E-state index contributed by atoms with van der Waals surface area (Å²) < 4.78 is 0. The highest BCUT2D eigenvalue weighted by Gasteiger charge is 2.43. The van der Waals surface area contributed by atoms with Gasteiger partial charge in [0.2, 0.25) is 0 Å². The Balaban J connectivity index is 4.79. The molecule has 0 aliphatic rings. The van der Waals surface area contributed by atoms with E-state index in [1.54, 1.807) is 6.26 Å². The number of carbonyl (C=O) groups excluding carboxylic acids is 1. The highest BCUT2D eigenvalue weighted by Crippen LogP contribution is 2.13. The lowest BCUT2D eigenvalue weighted by Gasteiger charge is -2.21. The predicted molar refractivity (Wildman–Crippen MR) is 48.6 cm³/mol. The van der Waals surface area contributed by atoms with Crippen molar-refractivity contribution in [3.05, 3.63) is 4.91 Å². The van der Waals surface area contributed by atoms with Crippen molar-refractivity contribution >= 4 is 24.0 Å². The molecule has 0 spiro atoms. The molecule has 0 aromatic carbocycles. The van der Waals surface area contributed by atoms with E-state index >= 15 is 0 Å². The van der Waals surface area contributed by atoms with Gasteiger partial charge in [0.1, 0.15) is 6.04 Å². The number of nitrogens with two attached hydrogens (primary N) is 1. The molecule has 0 rings (SSSR count). The van der Waals surface area contributed by atoms with Crippen LogP contribution in [0.15, 0.2) is 5.18 Å². The number of carbonyl (C=O) groups is 2. The quantitative estimate of drug-likeness (QED) is 0.343. The van der Waals surface area contributed by atoms with Crippen LogP contribution in [-0.2, 0) is 9.59 Å².